The van der Waals surface area contributed by atoms with E-state index >= 15 is 0 Å². The van der Waals surface area contributed by atoms with Crippen molar-refractivity contribution in [2.24, 2.45) is 5.73 Å². The maximum Gasteiger partial charge on any atom is 0.316 e. The fourth-order valence-electron chi connectivity index (χ4n) is 2.64. The van der Waals surface area contributed by atoms with Gasteiger partial charge >= 0.3 is 6.03 Å². The van der Waals surface area contributed by atoms with Gasteiger partial charge in [0.2, 0.25) is 0 Å². The van der Waals surface area contributed by atoms with Gasteiger partial charge in [0.1, 0.15) is 11.6 Å². The summed E-state index contributed by atoms with van der Waals surface area (Å²) >= 11 is 0. The highest BCUT2D eigenvalue weighted by atomic mass is 16.5. The number of benzene rings is 2. The van der Waals surface area contributed by atoms with Crippen molar-refractivity contribution < 1.29 is 14.3 Å². The van der Waals surface area contributed by atoms with Crippen LogP contribution in [0.3, 0.4) is 0 Å². The van der Waals surface area contributed by atoms with Crippen molar-refractivity contribution in [3.05, 3.63) is 72.4 Å². The lowest BCUT2D eigenvalue weighted by atomic mass is 10.2. The Hall–Kier alpha value is -4.07. The van der Waals surface area contributed by atoms with E-state index in [0.29, 0.717) is 29.4 Å². The predicted molar refractivity (Wildman–Crippen MR) is 113 cm³/mol. The standard InChI is InChI=1S/C21H21N5O3/c1-2-29-17-10-8-14(9-11-17)24-19-18(7-4-12-23-19)20(27)25-15-5-3-6-16(13-15)26-21(22)28/h3-13H,2H2,1H3,(H,23,24)(H,25,27)(H3,22,26,28). The van der Waals surface area contributed by atoms with Gasteiger partial charge in [0.15, 0.2) is 0 Å². The Morgan fingerprint density at radius 1 is 0.966 bits per heavy atom. The molecule has 8 nitrogen and oxygen atoms in total. The molecule has 0 radical (unpaired) electrons. The van der Waals surface area contributed by atoms with Crippen molar-refractivity contribution in [1.29, 1.82) is 0 Å². The van der Waals surface area contributed by atoms with Gasteiger partial charge in [-0.05, 0) is 61.5 Å². The van der Waals surface area contributed by atoms with Gasteiger partial charge in [0, 0.05) is 23.3 Å². The summed E-state index contributed by atoms with van der Waals surface area (Å²) in [5.74, 6) is 0.838. The first-order chi connectivity index (χ1) is 14.0. The summed E-state index contributed by atoms with van der Waals surface area (Å²) < 4.78 is 5.43. The molecule has 0 saturated carbocycles. The van der Waals surface area contributed by atoms with Crippen molar-refractivity contribution in [2.75, 3.05) is 22.6 Å². The quantitative estimate of drug-likeness (QED) is 0.486. The third-order valence-corrected chi connectivity index (χ3v) is 3.87. The lowest BCUT2D eigenvalue weighted by Gasteiger charge is -2.12. The monoisotopic (exact) mass is 391 g/mol. The zero-order chi connectivity index (χ0) is 20.6. The van der Waals surface area contributed by atoms with Crippen LogP contribution in [-0.4, -0.2) is 23.5 Å². The molecule has 1 heterocycles. The van der Waals surface area contributed by atoms with Crippen molar-refractivity contribution in [3.8, 4) is 5.75 Å². The van der Waals surface area contributed by atoms with Crippen LogP contribution in [0.1, 0.15) is 17.3 Å². The van der Waals surface area contributed by atoms with Crippen LogP contribution < -0.4 is 26.4 Å². The van der Waals surface area contributed by atoms with Gasteiger partial charge in [-0.3, -0.25) is 4.79 Å². The summed E-state index contributed by atoms with van der Waals surface area (Å²) in [5.41, 5.74) is 7.26. The van der Waals surface area contributed by atoms with Crippen LogP contribution in [0, 0.1) is 0 Å². The molecule has 0 unspecified atom stereocenters. The normalized spacial score (nSPS) is 10.1. The fourth-order valence-corrected chi connectivity index (χ4v) is 2.64. The van der Waals surface area contributed by atoms with Crippen LogP contribution >= 0.6 is 0 Å². The average molecular weight is 391 g/mol. The number of primary amides is 1. The zero-order valence-electron chi connectivity index (χ0n) is 15.8. The molecule has 0 aliphatic heterocycles. The molecular weight excluding hydrogens is 370 g/mol. The van der Waals surface area contributed by atoms with E-state index in [0.717, 1.165) is 11.4 Å². The van der Waals surface area contributed by atoms with Crippen LogP contribution in [0.2, 0.25) is 0 Å². The van der Waals surface area contributed by atoms with Gasteiger partial charge in [-0.15, -0.1) is 0 Å². The molecule has 0 aliphatic rings. The molecule has 3 amide bonds. The average Bonchev–Trinajstić information content (AvgIpc) is 2.70. The van der Waals surface area contributed by atoms with E-state index in [4.69, 9.17) is 10.5 Å². The van der Waals surface area contributed by atoms with Crippen molar-refractivity contribution >= 4 is 34.8 Å². The van der Waals surface area contributed by atoms with Crippen molar-refractivity contribution in [1.82, 2.24) is 4.98 Å². The minimum absolute atomic E-state index is 0.345. The first-order valence-electron chi connectivity index (χ1n) is 8.98. The second-order valence-electron chi connectivity index (χ2n) is 6.01. The Morgan fingerprint density at radius 3 is 2.38 bits per heavy atom. The number of amides is 3. The molecule has 0 fully saturated rings. The molecule has 2 aromatic carbocycles. The Bertz CT molecular complexity index is 1010. The largest absolute Gasteiger partial charge is 0.494 e. The SMILES string of the molecule is CCOc1ccc(Nc2ncccc2C(=O)Nc2cccc(NC(N)=O)c2)cc1. The second-order valence-corrected chi connectivity index (χ2v) is 6.01. The number of nitrogens with one attached hydrogen (secondary N) is 3. The number of carbonyl (C=O) groups excluding carboxylic acids is 2. The highest BCUT2D eigenvalue weighted by molar-refractivity contribution is 6.08. The molecule has 0 bridgehead atoms. The number of rotatable bonds is 7. The van der Waals surface area contributed by atoms with E-state index in [-0.39, 0.29) is 5.91 Å². The summed E-state index contributed by atoms with van der Waals surface area (Å²) in [7, 11) is 0. The minimum Gasteiger partial charge on any atom is -0.494 e. The second kappa shape index (κ2) is 9.23. The molecule has 1 aromatic heterocycles. The highest BCUT2D eigenvalue weighted by Crippen LogP contribution is 2.23. The first-order valence-corrected chi connectivity index (χ1v) is 8.98. The number of anilines is 4. The van der Waals surface area contributed by atoms with Crippen molar-refractivity contribution in [3.63, 3.8) is 0 Å². The summed E-state index contributed by atoms with van der Waals surface area (Å²) in [6.45, 7) is 2.51. The Morgan fingerprint density at radius 2 is 1.69 bits per heavy atom. The number of nitrogens with two attached hydrogens (primary N) is 1. The third-order valence-electron chi connectivity index (χ3n) is 3.87. The van der Waals surface area contributed by atoms with E-state index < -0.39 is 6.03 Å². The van der Waals surface area contributed by atoms with Gasteiger partial charge in [0.05, 0.1) is 12.2 Å². The molecule has 0 spiro atoms. The molecular formula is C21H21N5O3. The van der Waals surface area contributed by atoms with E-state index in [9.17, 15) is 9.59 Å². The van der Waals surface area contributed by atoms with Crippen LogP contribution in [0.4, 0.5) is 27.7 Å². The molecule has 148 valence electrons. The van der Waals surface area contributed by atoms with Gasteiger partial charge in [-0.25, -0.2) is 9.78 Å². The molecule has 3 rings (SSSR count). The number of urea groups is 1. The smallest absolute Gasteiger partial charge is 0.316 e. The molecule has 0 aliphatic carbocycles. The highest BCUT2D eigenvalue weighted by Gasteiger charge is 2.13. The third kappa shape index (κ3) is 5.46. The van der Waals surface area contributed by atoms with E-state index in [1.807, 2.05) is 31.2 Å². The number of aromatic nitrogens is 1. The summed E-state index contributed by atoms with van der Waals surface area (Å²) in [6, 6.07) is 16.7. The summed E-state index contributed by atoms with van der Waals surface area (Å²) in [6.07, 6.45) is 1.60. The maximum absolute atomic E-state index is 12.8. The minimum atomic E-state index is -0.678. The van der Waals surface area contributed by atoms with Crippen LogP contribution in [0.25, 0.3) is 0 Å². The summed E-state index contributed by atoms with van der Waals surface area (Å²) in [5, 5.41) is 8.41. The van der Waals surface area contributed by atoms with E-state index in [1.165, 1.54) is 0 Å². The molecule has 5 N–H and O–H groups in total. The molecule has 3 aromatic rings. The number of hydrogen-bond acceptors (Lipinski definition) is 5. The Labute approximate surface area is 168 Å². The first kappa shape index (κ1) is 19.7. The fraction of sp³-hybridized carbons (Fsp3) is 0.0952. The zero-order valence-corrected chi connectivity index (χ0v) is 15.8. The lowest BCUT2D eigenvalue weighted by molar-refractivity contribution is 0.102. The number of nitrogens with zero attached hydrogens (tertiary/aromatic N) is 1. The predicted octanol–water partition coefficient (Wildman–Crippen LogP) is 3.97. The van der Waals surface area contributed by atoms with Gasteiger partial charge < -0.3 is 26.4 Å². The van der Waals surface area contributed by atoms with Gasteiger partial charge in [-0.2, -0.15) is 0 Å². The maximum atomic E-state index is 12.8. The number of ether oxygens (including phenoxy) is 1. The number of hydrogen-bond donors (Lipinski definition) is 4. The number of carbonyl (C=O) groups is 2. The van der Waals surface area contributed by atoms with Crippen molar-refractivity contribution in [2.45, 2.75) is 6.92 Å². The molecule has 8 heteroatoms. The molecule has 0 saturated heterocycles. The topological polar surface area (TPSA) is 118 Å². The molecule has 29 heavy (non-hydrogen) atoms. The van der Waals surface area contributed by atoms with E-state index in [1.54, 1.807) is 42.6 Å². The molecule has 0 atom stereocenters. The van der Waals surface area contributed by atoms with Crippen LogP contribution in [0.5, 0.6) is 5.75 Å². The van der Waals surface area contributed by atoms with Gasteiger partial charge in [0.25, 0.3) is 5.91 Å². The Balaban J connectivity index is 1.75. The van der Waals surface area contributed by atoms with Crippen LogP contribution in [-0.2, 0) is 0 Å². The van der Waals surface area contributed by atoms with E-state index in [2.05, 4.69) is 20.9 Å². The summed E-state index contributed by atoms with van der Waals surface area (Å²) in [4.78, 5) is 28.0. The Kier molecular flexibility index (Phi) is 6.26. The lowest BCUT2D eigenvalue weighted by Crippen LogP contribution is -2.19. The van der Waals surface area contributed by atoms with Crippen LogP contribution in [0.15, 0.2) is 66.9 Å². The number of pyridine rings is 1. The van der Waals surface area contributed by atoms with Gasteiger partial charge in [-0.1, -0.05) is 6.07 Å².